The molecule has 0 aliphatic carbocycles. The zero-order valence-corrected chi connectivity index (χ0v) is 13.5. The topological polar surface area (TPSA) is 145 Å². The number of aromatic hydroxyl groups is 1. The van der Waals surface area contributed by atoms with Crippen LogP contribution in [0.25, 0.3) is 22.0 Å². The number of hydrogen-bond donors (Lipinski definition) is 4. The summed E-state index contributed by atoms with van der Waals surface area (Å²) < 4.78 is 64.0. The van der Waals surface area contributed by atoms with Gasteiger partial charge < -0.3 is 10.1 Å². The lowest BCUT2D eigenvalue weighted by Crippen LogP contribution is -2.01. The van der Waals surface area contributed by atoms with Crippen molar-refractivity contribution in [3.05, 3.63) is 42.6 Å². The summed E-state index contributed by atoms with van der Waals surface area (Å²) in [5.41, 5.74) is 0.685. The van der Waals surface area contributed by atoms with Crippen molar-refractivity contribution in [1.29, 1.82) is 0 Å². The molecule has 8 nitrogen and oxygen atoms in total. The first kappa shape index (κ1) is 16.5. The minimum absolute atomic E-state index is 0.0161. The molecule has 126 valence electrons. The Labute approximate surface area is 136 Å². The fraction of sp³-hybridized carbons (Fsp3) is 0. The number of phenols is 1. The van der Waals surface area contributed by atoms with Gasteiger partial charge in [-0.25, -0.2) is 0 Å². The van der Waals surface area contributed by atoms with Crippen molar-refractivity contribution in [2.45, 2.75) is 9.79 Å². The molecule has 3 rings (SSSR count). The van der Waals surface area contributed by atoms with E-state index in [1.807, 2.05) is 0 Å². The normalized spacial score (nSPS) is 12.6. The molecule has 2 aromatic carbocycles. The quantitative estimate of drug-likeness (QED) is 0.517. The molecular weight excluding hydrogens is 358 g/mol. The summed E-state index contributed by atoms with van der Waals surface area (Å²) in [6.45, 7) is 0. The van der Waals surface area contributed by atoms with Crippen molar-refractivity contribution in [3.63, 3.8) is 0 Å². The third kappa shape index (κ3) is 2.87. The molecule has 0 bridgehead atoms. The first-order valence-electron chi connectivity index (χ1n) is 6.47. The third-order valence-corrected chi connectivity index (χ3v) is 5.12. The Hall–Kier alpha value is -2.40. The maximum absolute atomic E-state index is 11.5. The number of nitrogens with one attached hydrogen (secondary N) is 1. The summed E-state index contributed by atoms with van der Waals surface area (Å²) in [4.78, 5) is 1.76. The van der Waals surface area contributed by atoms with Gasteiger partial charge in [-0.05, 0) is 35.7 Å². The van der Waals surface area contributed by atoms with Crippen LogP contribution in [0.2, 0.25) is 0 Å². The van der Waals surface area contributed by atoms with Crippen molar-refractivity contribution in [2.75, 3.05) is 0 Å². The third-order valence-electron chi connectivity index (χ3n) is 3.46. The van der Waals surface area contributed by atoms with Crippen molar-refractivity contribution in [3.8, 4) is 17.0 Å². The van der Waals surface area contributed by atoms with Crippen LogP contribution in [0.15, 0.2) is 52.4 Å². The van der Waals surface area contributed by atoms with Gasteiger partial charge in [0.05, 0.1) is 9.79 Å². The number of hydrogen-bond acceptors (Lipinski definition) is 5. The predicted molar refractivity (Wildman–Crippen MR) is 85.0 cm³/mol. The van der Waals surface area contributed by atoms with Crippen molar-refractivity contribution < 1.29 is 31.0 Å². The molecule has 0 spiro atoms. The van der Waals surface area contributed by atoms with E-state index in [2.05, 4.69) is 4.98 Å². The van der Waals surface area contributed by atoms with Crippen LogP contribution in [0.3, 0.4) is 0 Å². The van der Waals surface area contributed by atoms with Crippen molar-refractivity contribution in [1.82, 2.24) is 4.98 Å². The maximum Gasteiger partial charge on any atom is 0.294 e. The Morgan fingerprint density at radius 1 is 0.875 bits per heavy atom. The smallest absolute Gasteiger partial charge is 0.294 e. The molecule has 0 atom stereocenters. The van der Waals surface area contributed by atoms with Crippen molar-refractivity contribution >= 4 is 31.0 Å². The molecule has 0 aliphatic heterocycles. The molecule has 0 radical (unpaired) electrons. The highest BCUT2D eigenvalue weighted by atomic mass is 32.2. The van der Waals surface area contributed by atoms with Gasteiger partial charge in [0.2, 0.25) is 0 Å². The fourth-order valence-corrected chi connectivity index (χ4v) is 3.53. The fourth-order valence-electron chi connectivity index (χ4n) is 2.45. The minimum Gasteiger partial charge on any atom is -0.507 e. The highest BCUT2D eigenvalue weighted by molar-refractivity contribution is 7.86. The largest absolute Gasteiger partial charge is 0.507 e. The van der Waals surface area contributed by atoms with E-state index in [0.717, 1.165) is 24.3 Å². The molecule has 10 heteroatoms. The Balaban J connectivity index is 2.50. The molecule has 3 aromatic rings. The molecule has 1 heterocycles. The lowest BCUT2D eigenvalue weighted by atomic mass is 10.0. The van der Waals surface area contributed by atoms with E-state index >= 15 is 0 Å². The van der Waals surface area contributed by atoms with Crippen LogP contribution in [0.4, 0.5) is 0 Å². The molecule has 4 N–H and O–H groups in total. The Morgan fingerprint density at radius 3 is 1.96 bits per heavy atom. The summed E-state index contributed by atoms with van der Waals surface area (Å²) in [5.74, 6) is -0.466. The number of rotatable bonds is 3. The molecular formula is C14H11NO7S2. The van der Waals surface area contributed by atoms with Crippen LogP contribution >= 0.6 is 0 Å². The Kier molecular flexibility index (Phi) is 3.64. The van der Waals surface area contributed by atoms with Crippen LogP contribution in [-0.2, 0) is 20.2 Å². The van der Waals surface area contributed by atoms with Gasteiger partial charge in [-0.3, -0.25) is 9.11 Å². The van der Waals surface area contributed by atoms with E-state index in [1.165, 1.54) is 0 Å². The van der Waals surface area contributed by atoms with E-state index in [-0.39, 0.29) is 16.3 Å². The minimum atomic E-state index is -4.61. The molecule has 0 saturated heterocycles. The second kappa shape index (κ2) is 5.31. The molecule has 0 saturated carbocycles. The van der Waals surface area contributed by atoms with Gasteiger partial charge in [-0.2, -0.15) is 16.8 Å². The Bertz CT molecular complexity index is 1140. The number of fused-ring (bicyclic) bond motifs is 1. The first-order chi connectivity index (χ1) is 11.1. The highest BCUT2D eigenvalue weighted by Crippen LogP contribution is 2.38. The Morgan fingerprint density at radius 2 is 1.46 bits per heavy atom. The molecule has 0 fully saturated rings. The number of H-pyrrole nitrogens is 1. The monoisotopic (exact) mass is 369 g/mol. The van der Waals surface area contributed by atoms with E-state index in [1.54, 1.807) is 18.3 Å². The first-order valence-corrected chi connectivity index (χ1v) is 9.35. The molecule has 0 unspecified atom stereocenters. The van der Waals surface area contributed by atoms with Gasteiger partial charge in [0, 0.05) is 28.9 Å². The summed E-state index contributed by atoms with van der Waals surface area (Å²) >= 11 is 0. The summed E-state index contributed by atoms with van der Waals surface area (Å²) in [6.07, 6.45) is 1.57. The van der Waals surface area contributed by atoms with E-state index in [9.17, 15) is 26.5 Å². The molecule has 1 aromatic heterocycles. The lowest BCUT2D eigenvalue weighted by Gasteiger charge is -2.11. The van der Waals surface area contributed by atoms with Gasteiger partial charge in [-0.1, -0.05) is 0 Å². The van der Waals surface area contributed by atoms with E-state index in [4.69, 9.17) is 4.55 Å². The van der Waals surface area contributed by atoms with Gasteiger partial charge in [0.15, 0.2) is 0 Å². The summed E-state index contributed by atoms with van der Waals surface area (Å²) in [6, 6.07) is 7.27. The number of phenolic OH excluding ortho intramolecular Hbond substituents is 1. The molecule has 0 aliphatic rings. The SMILES string of the molecule is O=S(=O)(O)c1cc(O)c2c(-c3ccc[nH]3)cc(S(=O)(=O)O)cc2c1. The average Bonchev–Trinajstić information content (AvgIpc) is 2.97. The standard InChI is InChI=1S/C14H11NO7S2/c16-13-7-10(24(20,21)22)5-8-4-9(23(17,18)19)6-11(14(8)13)12-2-1-3-15-12/h1-7,15-16H,(H,17,18,19)(H,20,21,22). The average molecular weight is 369 g/mol. The number of aromatic amines is 1. The van der Waals surface area contributed by atoms with Gasteiger partial charge in [0.25, 0.3) is 20.2 Å². The predicted octanol–water partition coefficient (Wildman–Crippen LogP) is 2.03. The number of benzene rings is 2. The van der Waals surface area contributed by atoms with Crippen molar-refractivity contribution in [2.24, 2.45) is 0 Å². The van der Waals surface area contributed by atoms with Gasteiger partial charge >= 0.3 is 0 Å². The summed E-state index contributed by atoms with van der Waals surface area (Å²) in [7, 11) is -9.19. The molecule has 24 heavy (non-hydrogen) atoms. The van der Waals surface area contributed by atoms with Crippen LogP contribution in [0.5, 0.6) is 5.75 Å². The van der Waals surface area contributed by atoms with Crippen LogP contribution in [0.1, 0.15) is 0 Å². The zero-order chi connectivity index (χ0) is 17.7. The maximum atomic E-state index is 11.5. The van der Waals surface area contributed by atoms with Crippen LogP contribution in [-0.4, -0.2) is 36.0 Å². The van der Waals surface area contributed by atoms with E-state index < -0.39 is 35.8 Å². The second-order valence-corrected chi connectivity index (χ2v) is 7.89. The van der Waals surface area contributed by atoms with Crippen LogP contribution < -0.4 is 0 Å². The van der Waals surface area contributed by atoms with Gasteiger partial charge in [-0.15, -0.1) is 0 Å². The lowest BCUT2D eigenvalue weighted by molar-refractivity contribution is 0.471. The molecule has 0 amide bonds. The summed E-state index contributed by atoms with van der Waals surface area (Å²) in [5, 5.41) is 10.4. The second-order valence-electron chi connectivity index (χ2n) is 5.05. The van der Waals surface area contributed by atoms with Gasteiger partial charge in [0.1, 0.15) is 5.75 Å². The van der Waals surface area contributed by atoms with E-state index in [0.29, 0.717) is 5.69 Å². The number of aromatic nitrogens is 1. The highest BCUT2D eigenvalue weighted by Gasteiger charge is 2.20. The van der Waals surface area contributed by atoms with Crippen LogP contribution in [0, 0.1) is 0 Å². The zero-order valence-electron chi connectivity index (χ0n) is 11.8.